The summed E-state index contributed by atoms with van der Waals surface area (Å²) in [5.74, 6) is 1.14. The molecule has 0 fully saturated rings. The molecule has 23 heavy (non-hydrogen) atoms. The molecule has 5 heteroatoms. The van der Waals surface area contributed by atoms with E-state index in [9.17, 15) is 9.59 Å². The van der Waals surface area contributed by atoms with E-state index in [1.807, 2.05) is 24.3 Å². The van der Waals surface area contributed by atoms with Crippen LogP contribution in [0.15, 0.2) is 24.3 Å². The summed E-state index contributed by atoms with van der Waals surface area (Å²) in [6.07, 6.45) is 1.63. The monoisotopic (exact) mass is 320 g/mol. The first-order valence-corrected chi connectivity index (χ1v) is 8.07. The van der Waals surface area contributed by atoms with Crippen molar-refractivity contribution >= 4 is 11.8 Å². The van der Waals surface area contributed by atoms with Gasteiger partial charge in [0.05, 0.1) is 13.7 Å². The summed E-state index contributed by atoms with van der Waals surface area (Å²) in [5.41, 5.74) is 1.10. The average Bonchev–Trinajstić information content (AvgIpc) is 2.51. The Labute approximate surface area is 139 Å². The van der Waals surface area contributed by atoms with Gasteiger partial charge in [-0.2, -0.15) is 0 Å². The quantitative estimate of drug-likeness (QED) is 0.759. The first-order chi connectivity index (χ1) is 10.9. The number of hydrogen-bond acceptors (Lipinski definition) is 3. The minimum absolute atomic E-state index is 0.0615. The van der Waals surface area contributed by atoms with Crippen LogP contribution in [0.2, 0.25) is 0 Å². The van der Waals surface area contributed by atoms with Crippen LogP contribution < -0.4 is 10.1 Å². The van der Waals surface area contributed by atoms with E-state index in [1.165, 1.54) is 6.92 Å². The second-order valence-corrected chi connectivity index (χ2v) is 6.07. The van der Waals surface area contributed by atoms with E-state index in [1.54, 1.807) is 12.0 Å². The second-order valence-electron chi connectivity index (χ2n) is 6.07. The topological polar surface area (TPSA) is 58.6 Å². The Morgan fingerprint density at radius 1 is 1.30 bits per heavy atom. The van der Waals surface area contributed by atoms with Gasteiger partial charge >= 0.3 is 0 Å². The maximum atomic E-state index is 12.0. The number of nitrogens with one attached hydrogen (secondary N) is 1. The summed E-state index contributed by atoms with van der Waals surface area (Å²) in [4.78, 5) is 25.2. The first-order valence-electron chi connectivity index (χ1n) is 8.07. The number of rotatable bonds is 9. The molecule has 5 nitrogen and oxygen atoms in total. The third kappa shape index (κ3) is 7.68. The number of ether oxygens (including phenoxy) is 1. The van der Waals surface area contributed by atoms with Crippen molar-refractivity contribution in [2.24, 2.45) is 5.92 Å². The normalized spacial score (nSPS) is 10.5. The van der Waals surface area contributed by atoms with Crippen LogP contribution in [0.25, 0.3) is 0 Å². The predicted octanol–water partition coefficient (Wildman–Crippen LogP) is 2.25. The lowest BCUT2D eigenvalue weighted by Gasteiger charge is -2.21. The van der Waals surface area contributed by atoms with E-state index < -0.39 is 0 Å². The van der Waals surface area contributed by atoms with Crippen molar-refractivity contribution in [1.29, 1.82) is 0 Å². The molecule has 0 radical (unpaired) electrons. The lowest BCUT2D eigenvalue weighted by Crippen LogP contribution is -2.41. The number of methoxy groups -OCH3 is 1. The fourth-order valence-corrected chi connectivity index (χ4v) is 2.17. The summed E-state index contributed by atoms with van der Waals surface area (Å²) >= 11 is 0. The molecule has 0 saturated carbocycles. The van der Waals surface area contributed by atoms with Gasteiger partial charge in [0.25, 0.3) is 0 Å². The number of amides is 2. The molecule has 0 aliphatic heterocycles. The Kier molecular flexibility index (Phi) is 8.16. The molecule has 0 aromatic heterocycles. The van der Waals surface area contributed by atoms with Crippen molar-refractivity contribution in [3.63, 3.8) is 0 Å². The molecule has 0 bridgehead atoms. The van der Waals surface area contributed by atoms with E-state index in [0.29, 0.717) is 19.0 Å². The van der Waals surface area contributed by atoms with Gasteiger partial charge in [-0.3, -0.25) is 9.59 Å². The second kappa shape index (κ2) is 9.87. The highest BCUT2D eigenvalue weighted by Crippen LogP contribution is 2.12. The summed E-state index contributed by atoms with van der Waals surface area (Å²) < 4.78 is 5.18. The number of carbonyl (C=O) groups is 2. The first kappa shape index (κ1) is 19.0. The zero-order chi connectivity index (χ0) is 17.2. The highest BCUT2D eigenvalue weighted by Gasteiger charge is 2.13. The Hall–Kier alpha value is -2.04. The molecule has 2 amide bonds. The molecule has 0 aliphatic rings. The van der Waals surface area contributed by atoms with Crippen LogP contribution in [-0.4, -0.2) is 43.5 Å². The summed E-state index contributed by atoms with van der Waals surface area (Å²) in [6, 6.07) is 7.77. The van der Waals surface area contributed by atoms with Gasteiger partial charge in [0.2, 0.25) is 11.8 Å². The summed E-state index contributed by atoms with van der Waals surface area (Å²) in [5, 5.41) is 2.87. The van der Waals surface area contributed by atoms with E-state index >= 15 is 0 Å². The van der Waals surface area contributed by atoms with Crippen molar-refractivity contribution in [1.82, 2.24) is 10.2 Å². The third-order valence-electron chi connectivity index (χ3n) is 3.63. The van der Waals surface area contributed by atoms with Crippen LogP contribution in [0.4, 0.5) is 0 Å². The molecule has 0 heterocycles. The molecule has 0 spiro atoms. The van der Waals surface area contributed by atoms with Gasteiger partial charge in [0.1, 0.15) is 5.75 Å². The maximum absolute atomic E-state index is 12.0. The molecule has 0 aliphatic carbocycles. The van der Waals surface area contributed by atoms with Crippen molar-refractivity contribution in [3.8, 4) is 5.75 Å². The fraction of sp³-hybridized carbons (Fsp3) is 0.556. The Morgan fingerprint density at radius 3 is 2.65 bits per heavy atom. The Bertz CT molecular complexity index is 515. The van der Waals surface area contributed by atoms with Gasteiger partial charge in [-0.1, -0.05) is 26.0 Å². The van der Waals surface area contributed by atoms with E-state index in [0.717, 1.165) is 24.2 Å². The number of hydrogen-bond donors (Lipinski definition) is 1. The Balaban J connectivity index is 2.38. The van der Waals surface area contributed by atoms with Crippen LogP contribution in [0, 0.1) is 5.92 Å². The van der Waals surface area contributed by atoms with Crippen LogP contribution in [-0.2, 0) is 16.0 Å². The maximum Gasteiger partial charge on any atom is 0.239 e. The molecule has 1 rings (SSSR count). The zero-order valence-electron chi connectivity index (χ0n) is 14.6. The molecule has 1 aromatic rings. The van der Waals surface area contributed by atoms with Crippen molar-refractivity contribution in [2.75, 3.05) is 26.7 Å². The molecule has 0 unspecified atom stereocenters. The van der Waals surface area contributed by atoms with Gasteiger partial charge in [0, 0.05) is 20.0 Å². The van der Waals surface area contributed by atoms with Crippen LogP contribution in [0.1, 0.15) is 32.8 Å². The molecule has 1 N–H and O–H groups in total. The van der Waals surface area contributed by atoms with Gasteiger partial charge in [-0.15, -0.1) is 0 Å². The van der Waals surface area contributed by atoms with E-state index in [-0.39, 0.29) is 18.4 Å². The molecular weight excluding hydrogens is 292 g/mol. The highest BCUT2D eigenvalue weighted by atomic mass is 16.5. The molecule has 1 aromatic carbocycles. The average molecular weight is 320 g/mol. The predicted molar refractivity (Wildman–Crippen MR) is 91.4 cm³/mol. The largest absolute Gasteiger partial charge is 0.497 e. The number of carbonyl (C=O) groups excluding carboxylic acids is 2. The third-order valence-corrected chi connectivity index (χ3v) is 3.63. The molecule has 128 valence electrons. The smallest absolute Gasteiger partial charge is 0.239 e. The van der Waals surface area contributed by atoms with Gasteiger partial charge in [-0.25, -0.2) is 0 Å². The minimum atomic E-state index is -0.119. The van der Waals surface area contributed by atoms with Crippen LogP contribution >= 0.6 is 0 Å². The summed E-state index contributed by atoms with van der Waals surface area (Å²) in [6.45, 7) is 7.00. The highest BCUT2D eigenvalue weighted by molar-refractivity contribution is 5.83. The van der Waals surface area contributed by atoms with Crippen molar-refractivity contribution in [2.45, 2.75) is 33.6 Å². The van der Waals surface area contributed by atoms with Crippen LogP contribution in [0.5, 0.6) is 5.75 Å². The Morgan fingerprint density at radius 2 is 2.04 bits per heavy atom. The molecule has 0 atom stereocenters. The van der Waals surface area contributed by atoms with Crippen LogP contribution in [0.3, 0.4) is 0 Å². The standard InChI is InChI=1S/C18H28N2O3/c1-14(2)9-11-20(15(3)21)13-18(22)19-10-8-16-6-5-7-17(12-16)23-4/h5-7,12,14H,8-11,13H2,1-4H3,(H,19,22). The van der Waals surface area contributed by atoms with Crippen molar-refractivity contribution in [3.05, 3.63) is 29.8 Å². The number of benzene rings is 1. The van der Waals surface area contributed by atoms with E-state index in [4.69, 9.17) is 4.74 Å². The van der Waals surface area contributed by atoms with Gasteiger partial charge in [0.15, 0.2) is 0 Å². The molecule has 0 saturated heterocycles. The van der Waals surface area contributed by atoms with Gasteiger partial charge < -0.3 is 15.0 Å². The van der Waals surface area contributed by atoms with Crippen molar-refractivity contribution < 1.29 is 14.3 Å². The minimum Gasteiger partial charge on any atom is -0.497 e. The van der Waals surface area contributed by atoms with Gasteiger partial charge in [-0.05, 0) is 36.5 Å². The summed E-state index contributed by atoms with van der Waals surface area (Å²) in [7, 11) is 1.63. The van der Waals surface area contributed by atoms with E-state index in [2.05, 4.69) is 19.2 Å². The number of nitrogens with zero attached hydrogens (tertiary/aromatic N) is 1. The SMILES string of the molecule is COc1cccc(CCNC(=O)CN(CCC(C)C)C(C)=O)c1. The molecular formula is C18H28N2O3. The fourth-order valence-electron chi connectivity index (χ4n) is 2.17. The lowest BCUT2D eigenvalue weighted by atomic mass is 10.1. The zero-order valence-corrected chi connectivity index (χ0v) is 14.6. The lowest BCUT2D eigenvalue weighted by molar-refractivity contribution is -0.134.